The highest BCUT2D eigenvalue weighted by atomic mass is 32.2. The molecule has 5 heteroatoms. The summed E-state index contributed by atoms with van der Waals surface area (Å²) in [4.78, 5) is 0.314. The molecular weight excluding hydrogens is 322 g/mol. The predicted molar refractivity (Wildman–Crippen MR) is 93.4 cm³/mol. The zero-order valence-electron chi connectivity index (χ0n) is 14.3. The molecule has 4 aliphatic rings. The van der Waals surface area contributed by atoms with Crippen LogP contribution in [0.15, 0.2) is 29.2 Å². The molecule has 1 aromatic rings. The van der Waals surface area contributed by atoms with Gasteiger partial charge in [-0.05, 0) is 92.4 Å². The maximum atomic E-state index is 12.5. The molecule has 0 spiro atoms. The van der Waals surface area contributed by atoms with Gasteiger partial charge in [0.05, 0.1) is 12.0 Å². The molecule has 0 radical (unpaired) electrons. The highest BCUT2D eigenvalue weighted by Gasteiger charge is 2.50. The fourth-order valence-corrected chi connectivity index (χ4v) is 6.92. The van der Waals surface area contributed by atoms with Gasteiger partial charge >= 0.3 is 0 Å². The fourth-order valence-electron chi connectivity index (χ4n) is 5.88. The normalized spacial score (nSPS) is 34.5. The zero-order valence-corrected chi connectivity index (χ0v) is 15.1. The average molecular weight is 349 g/mol. The summed E-state index contributed by atoms with van der Waals surface area (Å²) in [6.07, 6.45) is 9.24. The third kappa shape index (κ3) is 3.08. The lowest BCUT2D eigenvalue weighted by molar-refractivity contribution is -0.0561. The molecule has 0 saturated heterocycles. The van der Waals surface area contributed by atoms with E-state index in [0.717, 1.165) is 24.2 Å². The van der Waals surface area contributed by atoms with Gasteiger partial charge in [0.15, 0.2) is 0 Å². The zero-order chi connectivity index (χ0) is 16.8. The van der Waals surface area contributed by atoms with Gasteiger partial charge in [-0.1, -0.05) is 0 Å². The van der Waals surface area contributed by atoms with Crippen molar-refractivity contribution in [2.24, 2.45) is 23.2 Å². The molecule has 1 N–H and O–H groups in total. The summed E-state index contributed by atoms with van der Waals surface area (Å²) >= 11 is 0. The lowest BCUT2D eigenvalue weighted by Crippen LogP contribution is -2.47. The molecule has 4 aliphatic carbocycles. The molecule has 4 nitrogen and oxygen atoms in total. The van der Waals surface area contributed by atoms with Gasteiger partial charge in [0, 0.05) is 6.54 Å². The number of sulfonamides is 1. The Hall–Kier alpha value is -1.07. The summed E-state index contributed by atoms with van der Waals surface area (Å²) in [6.45, 7) is 0.556. The number of benzene rings is 1. The molecule has 132 valence electrons. The van der Waals surface area contributed by atoms with Gasteiger partial charge in [0.25, 0.3) is 0 Å². The highest BCUT2D eigenvalue weighted by Crippen LogP contribution is 2.61. The molecule has 5 rings (SSSR count). The van der Waals surface area contributed by atoms with Gasteiger partial charge in [0.1, 0.15) is 5.75 Å². The molecule has 0 aliphatic heterocycles. The summed E-state index contributed by atoms with van der Waals surface area (Å²) in [5.74, 6) is 3.40. The Balaban J connectivity index is 1.38. The van der Waals surface area contributed by atoms with Crippen molar-refractivity contribution >= 4 is 10.0 Å². The van der Waals surface area contributed by atoms with Crippen LogP contribution in [0.5, 0.6) is 5.75 Å². The Morgan fingerprint density at radius 3 is 2.08 bits per heavy atom. The van der Waals surface area contributed by atoms with Crippen molar-refractivity contribution in [2.75, 3.05) is 13.7 Å². The van der Waals surface area contributed by atoms with E-state index in [9.17, 15) is 8.42 Å². The molecule has 1 aromatic carbocycles. The number of hydrogen-bond acceptors (Lipinski definition) is 3. The van der Waals surface area contributed by atoms with Crippen molar-refractivity contribution in [1.29, 1.82) is 0 Å². The van der Waals surface area contributed by atoms with Crippen molar-refractivity contribution in [3.63, 3.8) is 0 Å². The molecule has 4 saturated carbocycles. The molecule has 0 aromatic heterocycles. The van der Waals surface area contributed by atoms with E-state index in [4.69, 9.17) is 4.74 Å². The van der Waals surface area contributed by atoms with Gasteiger partial charge in [0.2, 0.25) is 10.0 Å². The summed E-state index contributed by atoms with van der Waals surface area (Å²) in [6, 6.07) is 6.58. The lowest BCUT2D eigenvalue weighted by atomic mass is 9.49. The van der Waals surface area contributed by atoms with Crippen LogP contribution in [-0.2, 0) is 10.0 Å². The summed E-state index contributed by atoms with van der Waals surface area (Å²) in [5.41, 5.74) is 0.414. The Morgan fingerprint density at radius 1 is 1.04 bits per heavy atom. The van der Waals surface area contributed by atoms with Crippen LogP contribution in [-0.4, -0.2) is 22.1 Å². The predicted octanol–water partition coefficient (Wildman–Crippen LogP) is 3.58. The van der Waals surface area contributed by atoms with Gasteiger partial charge in [-0.2, -0.15) is 0 Å². The number of ether oxygens (including phenoxy) is 1. The van der Waals surface area contributed by atoms with Crippen LogP contribution in [0.25, 0.3) is 0 Å². The Morgan fingerprint density at radius 2 is 1.58 bits per heavy atom. The van der Waals surface area contributed by atoms with E-state index >= 15 is 0 Å². The second kappa shape index (κ2) is 6.03. The molecule has 0 amide bonds. The van der Waals surface area contributed by atoms with E-state index < -0.39 is 10.0 Å². The first-order valence-electron chi connectivity index (χ1n) is 9.12. The molecule has 4 bridgehead atoms. The minimum absolute atomic E-state index is 0.314. The van der Waals surface area contributed by atoms with Crippen LogP contribution >= 0.6 is 0 Å². The van der Waals surface area contributed by atoms with Crippen molar-refractivity contribution in [3.05, 3.63) is 24.3 Å². The lowest BCUT2D eigenvalue weighted by Gasteiger charge is -2.57. The molecule has 0 unspecified atom stereocenters. The van der Waals surface area contributed by atoms with Crippen LogP contribution < -0.4 is 9.46 Å². The second-order valence-corrected chi connectivity index (χ2v) is 10.0. The minimum Gasteiger partial charge on any atom is -0.497 e. The van der Waals surface area contributed by atoms with Gasteiger partial charge < -0.3 is 4.74 Å². The average Bonchev–Trinajstić information content (AvgIpc) is 2.53. The quantitative estimate of drug-likeness (QED) is 0.854. The summed E-state index contributed by atoms with van der Waals surface area (Å²) in [7, 11) is -1.85. The van der Waals surface area contributed by atoms with Crippen LogP contribution in [0.1, 0.15) is 44.9 Å². The third-order valence-corrected chi connectivity index (χ3v) is 7.96. The van der Waals surface area contributed by atoms with E-state index in [1.165, 1.54) is 38.5 Å². The minimum atomic E-state index is -3.42. The Bertz CT molecular complexity index is 661. The van der Waals surface area contributed by atoms with Crippen molar-refractivity contribution in [2.45, 2.75) is 49.8 Å². The number of methoxy groups -OCH3 is 1. The van der Waals surface area contributed by atoms with Crippen molar-refractivity contribution in [3.8, 4) is 5.75 Å². The molecule has 0 heterocycles. The highest BCUT2D eigenvalue weighted by molar-refractivity contribution is 7.89. The maximum Gasteiger partial charge on any atom is 0.240 e. The molecule has 24 heavy (non-hydrogen) atoms. The van der Waals surface area contributed by atoms with Gasteiger partial charge in [-0.25, -0.2) is 13.1 Å². The van der Waals surface area contributed by atoms with E-state index in [1.54, 1.807) is 31.4 Å². The van der Waals surface area contributed by atoms with E-state index in [0.29, 0.717) is 22.6 Å². The first-order chi connectivity index (χ1) is 11.5. The fraction of sp³-hybridized carbons (Fsp3) is 0.684. The van der Waals surface area contributed by atoms with E-state index in [1.807, 2.05) is 0 Å². The first kappa shape index (κ1) is 16.4. The van der Waals surface area contributed by atoms with Crippen LogP contribution in [0.4, 0.5) is 0 Å². The maximum absolute atomic E-state index is 12.5. The number of rotatable bonds is 6. The molecular formula is C19H27NO3S. The third-order valence-electron chi connectivity index (χ3n) is 6.48. The van der Waals surface area contributed by atoms with Gasteiger partial charge in [-0.15, -0.1) is 0 Å². The SMILES string of the molecule is COc1ccc(S(=O)(=O)NCCC23CC4CC(CC(C4)C2)C3)cc1. The van der Waals surface area contributed by atoms with Crippen LogP contribution in [0.2, 0.25) is 0 Å². The number of hydrogen-bond donors (Lipinski definition) is 1. The Kier molecular flexibility index (Phi) is 4.12. The van der Waals surface area contributed by atoms with Gasteiger partial charge in [-0.3, -0.25) is 0 Å². The van der Waals surface area contributed by atoms with E-state index in [2.05, 4.69) is 4.72 Å². The van der Waals surface area contributed by atoms with Crippen LogP contribution in [0.3, 0.4) is 0 Å². The summed E-state index contributed by atoms with van der Waals surface area (Å²) in [5, 5.41) is 0. The monoisotopic (exact) mass is 349 g/mol. The van der Waals surface area contributed by atoms with Crippen molar-refractivity contribution in [1.82, 2.24) is 4.72 Å². The molecule has 4 fully saturated rings. The second-order valence-electron chi connectivity index (χ2n) is 8.24. The Labute approximate surface area is 145 Å². The summed E-state index contributed by atoms with van der Waals surface area (Å²) < 4.78 is 32.8. The topological polar surface area (TPSA) is 55.4 Å². The largest absolute Gasteiger partial charge is 0.497 e. The smallest absolute Gasteiger partial charge is 0.240 e. The van der Waals surface area contributed by atoms with Crippen molar-refractivity contribution < 1.29 is 13.2 Å². The van der Waals surface area contributed by atoms with E-state index in [-0.39, 0.29) is 0 Å². The van der Waals surface area contributed by atoms with Crippen LogP contribution in [0, 0.1) is 23.2 Å². The standard InChI is InChI=1S/C19H27NO3S/c1-23-17-2-4-18(5-3-17)24(21,22)20-7-6-19-11-14-8-15(12-19)10-16(9-14)13-19/h2-5,14-16,20H,6-13H2,1H3. The number of nitrogens with one attached hydrogen (secondary N) is 1. The first-order valence-corrected chi connectivity index (χ1v) is 10.6. The molecule has 0 atom stereocenters.